The molecule has 0 saturated heterocycles. The predicted octanol–water partition coefficient (Wildman–Crippen LogP) is 4.34. The van der Waals surface area contributed by atoms with Gasteiger partial charge in [0.25, 0.3) is 5.91 Å². The molecule has 3 rings (SSSR count). The molecule has 0 bridgehead atoms. The maximum Gasteiger partial charge on any atom is 0.255 e. The van der Waals surface area contributed by atoms with E-state index in [1.807, 2.05) is 31.2 Å². The van der Waals surface area contributed by atoms with Gasteiger partial charge >= 0.3 is 0 Å². The number of benzene rings is 2. The minimum Gasteiger partial charge on any atom is -0.322 e. The molecular formula is C17H16INO. The Balaban J connectivity index is 1.80. The Kier molecular flexibility index (Phi) is 3.78. The van der Waals surface area contributed by atoms with Crippen LogP contribution in [0.2, 0.25) is 0 Å². The van der Waals surface area contributed by atoms with Crippen molar-refractivity contribution in [3.8, 4) is 0 Å². The zero-order valence-corrected chi connectivity index (χ0v) is 13.5. The second-order valence-corrected chi connectivity index (χ2v) is 6.42. The van der Waals surface area contributed by atoms with E-state index in [-0.39, 0.29) is 5.91 Å². The first-order chi connectivity index (χ1) is 9.63. The van der Waals surface area contributed by atoms with Crippen LogP contribution in [0.15, 0.2) is 36.4 Å². The number of hydrogen-bond acceptors (Lipinski definition) is 1. The largest absolute Gasteiger partial charge is 0.322 e. The minimum absolute atomic E-state index is 0.0409. The van der Waals surface area contributed by atoms with Gasteiger partial charge in [-0.1, -0.05) is 12.1 Å². The molecule has 0 spiro atoms. The summed E-state index contributed by atoms with van der Waals surface area (Å²) in [6.45, 7) is 2.05. The zero-order chi connectivity index (χ0) is 14.1. The Bertz CT molecular complexity index is 679. The summed E-state index contributed by atoms with van der Waals surface area (Å²) in [5.41, 5.74) is 5.60. The van der Waals surface area contributed by atoms with Crippen molar-refractivity contribution >= 4 is 34.2 Å². The molecule has 0 heterocycles. The van der Waals surface area contributed by atoms with Crippen molar-refractivity contribution in [3.63, 3.8) is 0 Å². The molecule has 0 aromatic heterocycles. The number of anilines is 1. The SMILES string of the molecule is Cc1ccc(C(=O)Nc2ccc3c(c2)CCC3)cc1I. The Labute approximate surface area is 132 Å². The number of aryl methyl sites for hydroxylation is 3. The Hall–Kier alpha value is -1.36. The van der Waals surface area contributed by atoms with E-state index < -0.39 is 0 Å². The fraction of sp³-hybridized carbons (Fsp3) is 0.235. The lowest BCUT2D eigenvalue weighted by atomic mass is 10.1. The molecule has 2 nitrogen and oxygen atoms in total. The highest BCUT2D eigenvalue weighted by atomic mass is 127. The van der Waals surface area contributed by atoms with E-state index in [9.17, 15) is 4.79 Å². The number of fused-ring (bicyclic) bond motifs is 1. The number of nitrogens with one attached hydrogen (secondary N) is 1. The standard InChI is InChI=1S/C17H16INO/c1-11-5-6-14(10-16(11)18)17(20)19-15-8-7-12-3-2-4-13(12)9-15/h5-10H,2-4H2,1H3,(H,19,20). The average Bonchev–Trinajstić information content (AvgIpc) is 2.89. The van der Waals surface area contributed by atoms with Gasteiger partial charge in [-0.05, 0) is 89.7 Å². The summed E-state index contributed by atoms with van der Waals surface area (Å²) < 4.78 is 1.12. The molecule has 1 N–H and O–H groups in total. The quantitative estimate of drug-likeness (QED) is 0.776. The summed E-state index contributed by atoms with van der Waals surface area (Å²) in [5.74, 6) is -0.0409. The van der Waals surface area contributed by atoms with Crippen LogP contribution in [0.5, 0.6) is 0 Å². The first-order valence-corrected chi connectivity index (χ1v) is 7.91. The van der Waals surface area contributed by atoms with Gasteiger partial charge in [0.15, 0.2) is 0 Å². The lowest BCUT2D eigenvalue weighted by Crippen LogP contribution is -2.12. The smallest absolute Gasteiger partial charge is 0.255 e. The van der Waals surface area contributed by atoms with E-state index in [1.54, 1.807) is 0 Å². The second-order valence-electron chi connectivity index (χ2n) is 5.26. The normalized spacial score (nSPS) is 13.1. The molecule has 1 amide bonds. The molecule has 2 aromatic carbocycles. The highest BCUT2D eigenvalue weighted by Gasteiger charge is 2.12. The molecule has 102 valence electrons. The molecule has 1 aliphatic rings. The molecule has 0 atom stereocenters. The van der Waals surface area contributed by atoms with Gasteiger partial charge in [0.05, 0.1) is 0 Å². The third-order valence-electron chi connectivity index (χ3n) is 3.79. The van der Waals surface area contributed by atoms with Gasteiger partial charge in [-0.2, -0.15) is 0 Å². The summed E-state index contributed by atoms with van der Waals surface area (Å²) in [4.78, 5) is 12.3. The van der Waals surface area contributed by atoms with E-state index in [2.05, 4.69) is 40.0 Å². The van der Waals surface area contributed by atoms with Gasteiger partial charge in [0.1, 0.15) is 0 Å². The number of halogens is 1. The monoisotopic (exact) mass is 377 g/mol. The summed E-state index contributed by atoms with van der Waals surface area (Å²) in [6.07, 6.45) is 3.52. The predicted molar refractivity (Wildman–Crippen MR) is 90.3 cm³/mol. The van der Waals surface area contributed by atoms with Gasteiger partial charge in [0.2, 0.25) is 0 Å². The van der Waals surface area contributed by atoms with Crippen LogP contribution in [0.25, 0.3) is 0 Å². The van der Waals surface area contributed by atoms with Crippen molar-refractivity contribution in [2.24, 2.45) is 0 Å². The number of hydrogen-bond donors (Lipinski definition) is 1. The molecule has 0 saturated carbocycles. The Morgan fingerprint density at radius 2 is 1.90 bits per heavy atom. The zero-order valence-electron chi connectivity index (χ0n) is 11.4. The van der Waals surface area contributed by atoms with Crippen LogP contribution in [0.4, 0.5) is 5.69 Å². The fourth-order valence-corrected chi connectivity index (χ4v) is 3.10. The summed E-state index contributed by atoms with van der Waals surface area (Å²) in [6, 6.07) is 12.0. The van der Waals surface area contributed by atoms with E-state index in [4.69, 9.17) is 0 Å². The van der Waals surface area contributed by atoms with Crippen LogP contribution < -0.4 is 5.32 Å². The lowest BCUT2D eigenvalue weighted by Gasteiger charge is -2.08. The molecular weight excluding hydrogens is 361 g/mol. The fourth-order valence-electron chi connectivity index (χ4n) is 2.59. The molecule has 0 unspecified atom stereocenters. The number of carbonyl (C=O) groups excluding carboxylic acids is 1. The van der Waals surface area contributed by atoms with Crippen molar-refractivity contribution in [2.75, 3.05) is 5.32 Å². The van der Waals surface area contributed by atoms with E-state index in [1.165, 1.54) is 29.5 Å². The topological polar surface area (TPSA) is 29.1 Å². The van der Waals surface area contributed by atoms with Crippen LogP contribution in [0.1, 0.15) is 33.5 Å². The lowest BCUT2D eigenvalue weighted by molar-refractivity contribution is 0.102. The van der Waals surface area contributed by atoms with E-state index in [0.717, 1.165) is 15.7 Å². The van der Waals surface area contributed by atoms with Crippen molar-refractivity contribution in [2.45, 2.75) is 26.2 Å². The van der Waals surface area contributed by atoms with Crippen LogP contribution in [0.3, 0.4) is 0 Å². The van der Waals surface area contributed by atoms with Crippen LogP contribution >= 0.6 is 22.6 Å². The molecule has 20 heavy (non-hydrogen) atoms. The van der Waals surface area contributed by atoms with Gasteiger partial charge < -0.3 is 5.32 Å². The van der Waals surface area contributed by atoms with Crippen LogP contribution in [0, 0.1) is 10.5 Å². The average molecular weight is 377 g/mol. The van der Waals surface area contributed by atoms with Crippen molar-refractivity contribution in [1.29, 1.82) is 0 Å². The summed E-state index contributed by atoms with van der Waals surface area (Å²) in [5, 5.41) is 2.99. The first-order valence-electron chi connectivity index (χ1n) is 6.83. The van der Waals surface area contributed by atoms with Gasteiger partial charge in [-0.15, -0.1) is 0 Å². The molecule has 0 radical (unpaired) electrons. The van der Waals surface area contributed by atoms with Crippen LogP contribution in [-0.2, 0) is 12.8 Å². The van der Waals surface area contributed by atoms with Crippen LogP contribution in [-0.4, -0.2) is 5.91 Å². The van der Waals surface area contributed by atoms with Gasteiger partial charge in [0, 0.05) is 14.8 Å². The highest BCUT2D eigenvalue weighted by Crippen LogP contribution is 2.25. The molecule has 0 aliphatic heterocycles. The first kappa shape index (κ1) is 13.6. The van der Waals surface area contributed by atoms with Crippen molar-refractivity contribution in [1.82, 2.24) is 0 Å². The molecule has 2 aromatic rings. The molecule has 3 heteroatoms. The number of amides is 1. The summed E-state index contributed by atoms with van der Waals surface area (Å²) in [7, 11) is 0. The highest BCUT2D eigenvalue weighted by molar-refractivity contribution is 14.1. The van der Waals surface area contributed by atoms with Crippen molar-refractivity contribution in [3.05, 3.63) is 62.2 Å². The maximum absolute atomic E-state index is 12.3. The number of rotatable bonds is 2. The van der Waals surface area contributed by atoms with E-state index in [0.29, 0.717) is 5.56 Å². The third-order valence-corrected chi connectivity index (χ3v) is 4.95. The Morgan fingerprint density at radius 1 is 1.10 bits per heavy atom. The maximum atomic E-state index is 12.3. The minimum atomic E-state index is -0.0409. The van der Waals surface area contributed by atoms with Gasteiger partial charge in [-0.3, -0.25) is 4.79 Å². The third kappa shape index (κ3) is 2.73. The molecule has 1 aliphatic carbocycles. The summed E-state index contributed by atoms with van der Waals surface area (Å²) >= 11 is 2.26. The van der Waals surface area contributed by atoms with Crippen molar-refractivity contribution < 1.29 is 4.79 Å². The van der Waals surface area contributed by atoms with E-state index >= 15 is 0 Å². The second kappa shape index (κ2) is 5.56. The Morgan fingerprint density at radius 3 is 2.70 bits per heavy atom. The van der Waals surface area contributed by atoms with Gasteiger partial charge in [-0.25, -0.2) is 0 Å². The molecule has 0 fully saturated rings. The number of carbonyl (C=O) groups is 1.